The number of benzene rings is 1. The van der Waals surface area contributed by atoms with Gasteiger partial charge in [-0.05, 0) is 42.0 Å². The van der Waals surface area contributed by atoms with Crippen molar-refractivity contribution in [3.63, 3.8) is 0 Å². The Morgan fingerprint density at radius 1 is 1.33 bits per heavy atom. The van der Waals surface area contributed by atoms with Crippen molar-refractivity contribution in [1.29, 1.82) is 5.26 Å². The van der Waals surface area contributed by atoms with Crippen molar-refractivity contribution in [3.8, 4) is 6.07 Å². The predicted octanol–water partition coefficient (Wildman–Crippen LogP) is 2.43. The second-order valence-corrected chi connectivity index (χ2v) is 6.01. The Morgan fingerprint density at radius 2 is 2.05 bits per heavy atom. The highest BCUT2D eigenvalue weighted by molar-refractivity contribution is 5.82. The average Bonchev–Trinajstić information content (AvgIpc) is 2.58. The van der Waals surface area contributed by atoms with Crippen LogP contribution < -0.4 is 5.32 Å². The summed E-state index contributed by atoms with van der Waals surface area (Å²) in [6, 6.07) is 8.01. The maximum absolute atomic E-state index is 12.6. The molecule has 1 saturated heterocycles. The number of fused-ring (bicyclic) bond motifs is 2. The van der Waals surface area contributed by atoms with Crippen molar-refractivity contribution in [1.82, 2.24) is 5.32 Å². The van der Waals surface area contributed by atoms with Crippen LogP contribution in [0.15, 0.2) is 18.2 Å². The number of amides is 1. The van der Waals surface area contributed by atoms with E-state index < -0.39 is 5.54 Å². The molecule has 4 nitrogen and oxygen atoms in total. The van der Waals surface area contributed by atoms with Crippen LogP contribution in [-0.4, -0.2) is 19.1 Å². The average molecular weight is 284 g/mol. The van der Waals surface area contributed by atoms with Crippen LogP contribution in [0.4, 0.5) is 0 Å². The SMILES string of the molecule is CCC1C(=O)NC2(COC2)c2ccc(C#N)cc2C1CC. The van der Waals surface area contributed by atoms with E-state index in [0.29, 0.717) is 18.8 Å². The second kappa shape index (κ2) is 5.16. The highest BCUT2D eigenvalue weighted by Gasteiger charge is 2.48. The highest BCUT2D eigenvalue weighted by atomic mass is 16.5. The van der Waals surface area contributed by atoms with Gasteiger partial charge in [-0.3, -0.25) is 4.79 Å². The van der Waals surface area contributed by atoms with E-state index in [9.17, 15) is 10.1 Å². The lowest BCUT2D eigenvalue weighted by Gasteiger charge is -2.42. The summed E-state index contributed by atoms with van der Waals surface area (Å²) < 4.78 is 5.39. The monoisotopic (exact) mass is 284 g/mol. The van der Waals surface area contributed by atoms with Gasteiger partial charge in [0.2, 0.25) is 5.91 Å². The summed E-state index contributed by atoms with van der Waals surface area (Å²) in [5.74, 6) is 0.239. The number of nitrogens with zero attached hydrogens (tertiary/aromatic N) is 1. The third kappa shape index (κ3) is 2.04. The summed E-state index contributed by atoms with van der Waals surface area (Å²) in [5.41, 5.74) is 2.54. The number of ether oxygens (including phenoxy) is 1. The molecular weight excluding hydrogens is 264 g/mol. The fourth-order valence-corrected chi connectivity index (χ4v) is 3.68. The first-order chi connectivity index (χ1) is 10.1. The van der Waals surface area contributed by atoms with Crippen LogP contribution in [0.2, 0.25) is 0 Å². The molecule has 0 aliphatic carbocycles. The molecular formula is C17H20N2O2. The lowest BCUT2D eigenvalue weighted by Crippen LogP contribution is -2.59. The molecule has 2 heterocycles. The van der Waals surface area contributed by atoms with Crippen LogP contribution in [0.5, 0.6) is 0 Å². The predicted molar refractivity (Wildman–Crippen MR) is 78.6 cm³/mol. The van der Waals surface area contributed by atoms with Gasteiger partial charge in [-0.1, -0.05) is 19.9 Å². The highest BCUT2D eigenvalue weighted by Crippen LogP contribution is 2.43. The van der Waals surface area contributed by atoms with Crippen LogP contribution in [0.1, 0.15) is 49.3 Å². The number of nitriles is 1. The molecule has 21 heavy (non-hydrogen) atoms. The van der Waals surface area contributed by atoms with E-state index in [1.54, 1.807) is 0 Å². The molecule has 4 heteroatoms. The molecule has 1 aromatic rings. The zero-order valence-corrected chi connectivity index (χ0v) is 12.5. The first-order valence-corrected chi connectivity index (χ1v) is 7.59. The van der Waals surface area contributed by atoms with Crippen LogP contribution in [0.3, 0.4) is 0 Å². The van der Waals surface area contributed by atoms with Gasteiger partial charge in [0, 0.05) is 5.92 Å². The van der Waals surface area contributed by atoms with E-state index >= 15 is 0 Å². The first-order valence-electron chi connectivity index (χ1n) is 7.59. The van der Waals surface area contributed by atoms with Crippen LogP contribution in [0, 0.1) is 17.2 Å². The normalized spacial score (nSPS) is 26.2. The van der Waals surface area contributed by atoms with Crippen LogP contribution >= 0.6 is 0 Å². The molecule has 0 aromatic heterocycles. The van der Waals surface area contributed by atoms with Crippen molar-refractivity contribution >= 4 is 5.91 Å². The van der Waals surface area contributed by atoms with Gasteiger partial charge >= 0.3 is 0 Å². The van der Waals surface area contributed by atoms with Gasteiger partial charge in [0.05, 0.1) is 24.8 Å². The smallest absolute Gasteiger partial charge is 0.224 e. The van der Waals surface area contributed by atoms with Crippen molar-refractivity contribution in [2.24, 2.45) is 5.92 Å². The van der Waals surface area contributed by atoms with Gasteiger partial charge < -0.3 is 10.1 Å². The summed E-state index contributed by atoms with van der Waals surface area (Å²) in [6.45, 7) is 5.20. The zero-order chi connectivity index (χ0) is 15.0. The molecule has 0 saturated carbocycles. The Hall–Kier alpha value is -1.86. The molecule has 0 radical (unpaired) electrons. The van der Waals surface area contributed by atoms with Crippen molar-refractivity contribution in [3.05, 3.63) is 34.9 Å². The quantitative estimate of drug-likeness (QED) is 0.907. The van der Waals surface area contributed by atoms with Gasteiger partial charge in [0.15, 0.2) is 0 Å². The topological polar surface area (TPSA) is 62.1 Å². The standard InChI is InChI=1S/C17H20N2O2/c1-3-12-13(4-2)16(20)19-17(9-21-10-17)15-6-5-11(8-18)7-14(12)15/h5-7,12-13H,3-4,9-10H2,1-2H3,(H,19,20). The first kappa shape index (κ1) is 14.1. The van der Waals surface area contributed by atoms with Crippen molar-refractivity contribution in [2.75, 3.05) is 13.2 Å². The van der Waals surface area contributed by atoms with E-state index in [1.807, 2.05) is 18.2 Å². The Bertz CT molecular complexity index is 614. The Labute approximate surface area is 125 Å². The summed E-state index contributed by atoms with van der Waals surface area (Å²) in [5, 5.41) is 12.4. The summed E-state index contributed by atoms with van der Waals surface area (Å²) in [6.07, 6.45) is 1.70. The molecule has 2 aliphatic rings. The Kier molecular flexibility index (Phi) is 3.46. The number of carbonyl (C=O) groups is 1. The molecule has 1 aromatic carbocycles. The maximum Gasteiger partial charge on any atom is 0.224 e. The van der Waals surface area contributed by atoms with Crippen LogP contribution in [-0.2, 0) is 15.1 Å². The summed E-state index contributed by atoms with van der Waals surface area (Å²) in [7, 11) is 0. The molecule has 0 bridgehead atoms. The van der Waals surface area contributed by atoms with E-state index in [1.165, 1.54) is 0 Å². The number of hydrogen-bond donors (Lipinski definition) is 1. The van der Waals surface area contributed by atoms with E-state index in [2.05, 4.69) is 25.2 Å². The Morgan fingerprint density at radius 3 is 2.57 bits per heavy atom. The summed E-state index contributed by atoms with van der Waals surface area (Å²) in [4.78, 5) is 12.6. The zero-order valence-electron chi connectivity index (χ0n) is 12.5. The van der Waals surface area contributed by atoms with Gasteiger partial charge in [0.25, 0.3) is 0 Å². The molecule has 2 aliphatic heterocycles. The fraction of sp³-hybridized carbons (Fsp3) is 0.529. The summed E-state index contributed by atoms with van der Waals surface area (Å²) >= 11 is 0. The van der Waals surface area contributed by atoms with Gasteiger partial charge in [-0.15, -0.1) is 0 Å². The minimum absolute atomic E-state index is 0.0392. The number of rotatable bonds is 2. The third-order valence-electron chi connectivity index (χ3n) is 4.86. The minimum Gasteiger partial charge on any atom is -0.376 e. The third-order valence-corrected chi connectivity index (χ3v) is 4.86. The van der Waals surface area contributed by atoms with E-state index in [0.717, 1.165) is 24.0 Å². The van der Waals surface area contributed by atoms with Crippen LogP contribution in [0.25, 0.3) is 0 Å². The van der Waals surface area contributed by atoms with Gasteiger partial charge in [-0.25, -0.2) is 0 Å². The molecule has 2 atom stereocenters. The van der Waals surface area contributed by atoms with E-state index in [-0.39, 0.29) is 17.7 Å². The molecule has 3 rings (SSSR count). The fourth-order valence-electron chi connectivity index (χ4n) is 3.68. The molecule has 110 valence electrons. The Balaban J connectivity index is 2.19. The number of carbonyl (C=O) groups excluding carboxylic acids is 1. The molecule has 1 spiro atoms. The second-order valence-electron chi connectivity index (χ2n) is 6.01. The number of nitrogens with one attached hydrogen (secondary N) is 1. The lowest BCUT2D eigenvalue weighted by molar-refractivity contribution is -0.137. The molecule has 2 unspecified atom stereocenters. The van der Waals surface area contributed by atoms with Gasteiger partial charge in [-0.2, -0.15) is 5.26 Å². The number of hydrogen-bond acceptors (Lipinski definition) is 3. The molecule has 1 N–H and O–H groups in total. The maximum atomic E-state index is 12.6. The largest absolute Gasteiger partial charge is 0.376 e. The lowest BCUT2D eigenvalue weighted by atomic mass is 9.77. The molecule has 1 amide bonds. The van der Waals surface area contributed by atoms with Crippen molar-refractivity contribution < 1.29 is 9.53 Å². The van der Waals surface area contributed by atoms with Crippen molar-refractivity contribution in [2.45, 2.75) is 38.1 Å². The minimum atomic E-state index is -0.391. The van der Waals surface area contributed by atoms with Gasteiger partial charge in [0.1, 0.15) is 5.54 Å². The van der Waals surface area contributed by atoms with E-state index in [4.69, 9.17) is 4.74 Å². The molecule has 1 fully saturated rings.